The Labute approximate surface area is 103 Å². The van der Waals surface area contributed by atoms with Crippen LogP contribution in [0.1, 0.15) is 4.88 Å². The van der Waals surface area contributed by atoms with E-state index in [1.54, 1.807) is 13.0 Å². The molecule has 8 heteroatoms. The molecule has 1 aromatic rings. The van der Waals surface area contributed by atoms with Gasteiger partial charge in [-0.15, -0.1) is 11.3 Å². The van der Waals surface area contributed by atoms with Crippen molar-refractivity contribution in [2.24, 2.45) is 0 Å². The zero-order valence-corrected chi connectivity index (χ0v) is 11.0. The predicted molar refractivity (Wildman–Crippen MR) is 62.7 cm³/mol. The number of carbonyl (C=O) groups is 1. The quantitative estimate of drug-likeness (QED) is 0.788. The molecule has 0 bridgehead atoms. The minimum absolute atomic E-state index is 0.0948. The van der Waals surface area contributed by atoms with Crippen LogP contribution in [0.5, 0.6) is 0 Å². The van der Waals surface area contributed by atoms with E-state index in [4.69, 9.17) is 5.11 Å². The summed E-state index contributed by atoms with van der Waals surface area (Å²) < 4.78 is 30.5. The van der Waals surface area contributed by atoms with Crippen molar-refractivity contribution in [2.45, 2.75) is 17.2 Å². The third-order valence-electron chi connectivity index (χ3n) is 1.91. The molecule has 0 amide bonds. The van der Waals surface area contributed by atoms with Crippen LogP contribution in [0.25, 0.3) is 0 Å². The lowest BCUT2D eigenvalue weighted by molar-refractivity contribution is -0.140. The molecule has 0 radical (unpaired) electrons. The molecule has 0 aliphatic carbocycles. The van der Waals surface area contributed by atoms with Crippen LogP contribution in [0.15, 0.2) is 16.3 Å². The molecule has 2 N–H and O–H groups in total. The Hall–Kier alpha value is -0.960. The van der Waals surface area contributed by atoms with Crippen LogP contribution < -0.4 is 4.72 Å². The van der Waals surface area contributed by atoms with Gasteiger partial charge in [-0.2, -0.15) is 4.72 Å². The van der Waals surface area contributed by atoms with Crippen molar-refractivity contribution in [3.63, 3.8) is 0 Å². The summed E-state index contributed by atoms with van der Waals surface area (Å²) in [7, 11) is -2.49. The van der Waals surface area contributed by atoms with E-state index in [0.29, 0.717) is 0 Å². The summed E-state index contributed by atoms with van der Waals surface area (Å²) in [4.78, 5) is 11.6. The Morgan fingerprint density at radius 2 is 2.24 bits per heavy atom. The van der Waals surface area contributed by atoms with Gasteiger partial charge in [0.2, 0.25) is 0 Å². The molecule has 1 unspecified atom stereocenters. The van der Waals surface area contributed by atoms with E-state index in [-0.39, 0.29) is 10.8 Å². The van der Waals surface area contributed by atoms with Crippen LogP contribution >= 0.6 is 11.3 Å². The van der Waals surface area contributed by atoms with Crippen molar-refractivity contribution in [3.05, 3.63) is 17.0 Å². The van der Waals surface area contributed by atoms with Gasteiger partial charge in [-0.3, -0.25) is 4.79 Å². The molecule has 1 atom stereocenters. The Balaban J connectivity index is 2.88. The maximum atomic E-state index is 11.8. The van der Waals surface area contributed by atoms with E-state index in [0.717, 1.165) is 16.2 Å². The maximum Gasteiger partial charge on any atom is 0.324 e. The molecular weight excluding hydrogens is 266 g/mol. The van der Waals surface area contributed by atoms with E-state index in [1.807, 2.05) is 0 Å². The largest absolute Gasteiger partial charge is 0.480 e. The molecule has 0 aromatic carbocycles. The van der Waals surface area contributed by atoms with Gasteiger partial charge < -0.3 is 9.84 Å². The second-order valence-electron chi connectivity index (χ2n) is 3.33. The minimum Gasteiger partial charge on any atom is -0.480 e. The number of ether oxygens (including phenoxy) is 1. The monoisotopic (exact) mass is 279 g/mol. The molecule has 17 heavy (non-hydrogen) atoms. The zero-order valence-electron chi connectivity index (χ0n) is 9.34. The highest BCUT2D eigenvalue weighted by Gasteiger charge is 2.26. The number of sulfonamides is 1. The van der Waals surface area contributed by atoms with Crippen molar-refractivity contribution >= 4 is 27.3 Å². The highest BCUT2D eigenvalue weighted by Crippen LogP contribution is 2.20. The Kier molecular flexibility index (Phi) is 4.63. The standard InChI is InChI=1S/C9H13NO5S2/c1-6-3-4-8(16-6)17(13,14)10-7(5-15-2)9(11)12/h3-4,7,10H,5H2,1-2H3,(H,11,12). The average molecular weight is 279 g/mol. The molecule has 0 saturated heterocycles. The lowest BCUT2D eigenvalue weighted by Gasteiger charge is -2.12. The molecule has 1 heterocycles. The van der Waals surface area contributed by atoms with E-state index in [1.165, 1.54) is 13.2 Å². The summed E-state index contributed by atoms with van der Waals surface area (Å²) in [6, 6.07) is 1.81. The lowest BCUT2D eigenvalue weighted by atomic mass is 10.3. The van der Waals surface area contributed by atoms with Crippen LogP contribution in [0, 0.1) is 6.92 Å². The molecule has 1 aromatic heterocycles. The van der Waals surface area contributed by atoms with Crippen molar-refractivity contribution < 1.29 is 23.1 Å². The molecule has 0 aliphatic heterocycles. The fourth-order valence-corrected chi connectivity index (χ4v) is 3.60. The number of rotatable bonds is 6. The minimum atomic E-state index is -3.80. The first-order chi connectivity index (χ1) is 7.86. The molecular formula is C9H13NO5S2. The number of thiophene rings is 1. The number of nitrogens with one attached hydrogen (secondary N) is 1. The van der Waals surface area contributed by atoms with Crippen LogP contribution in [-0.4, -0.2) is 39.3 Å². The van der Waals surface area contributed by atoms with E-state index >= 15 is 0 Å². The summed E-state index contributed by atoms with van der Waals surface area (Å²) in [5.41, 5.74) is 0. The van der Waals surface area contributed by atoms with Gasteiger partial charge >= 0.3 is 5.97 Å². The number of hydrogen-bond acceptors (Lipinski definition) is 5. The summed E-state index contributed by atoms with van der Waals surface area (Å²) in [6.07, 6.45) is 0. The molecule has 0 spiro atoms. The van der Waals surface area contributed by atoms with Gasteiger partial charge in [-0.1, -0.05) is 0 Å². The average Bonchev–Trinajstić information content (AvgIpc) is 2.64. The fourth-order valence-electron chi connectivity index (χ4n) is 1.12. The third-order valence-corrected chi connectivity index (χ3v) is 4.87. The fraction of sp³-hybridized carbons (Fsp3) is 0.444. The van der Waals surface area contributed by atoms with Crippen molar-refractivity contribution in [3.8, 4) is 0 Å². The van der Waals surface area contributed by atoms with Gasteiger partial charge in [0.1, 0.15) is 10.3 Å². The molecule has 96 valence electrons. The van der Waals surface area contributed by atoms with E-state index in [9.17, 15) is 13.2 Å². The van der Waals surface area contributed by atoms with Gasteiger partial charge in [0.05, 0.1) is 6.61 Å². The third kappa shape index (κ3) is 3.77. The van der Waals surface area contributed by atoms with Crippen molar-refractivity contribution in [1.29, 1.82) is 0 Å². The van der Waals surface area contributed by atoms with Gasteiger partial charge in [-0.25, -0.2) is 8.42 Å². The van der Waals surface area contributed by atoms with Gasteiger partial charge in [0.15, 0.2) is 0 Å². The molecule has 1 rings (SSSR count). The maximum absolute atomic E-state index is 11.8. The number of aliphatic carboxylic acids is 1. The lowest BCUT2D eigenvalue weighted by Crippen LogP contribution is -2.43. The zero-order chi connectivity index (χ0) is 13.1. The van der Waals surface area contributed by atoms with E-state index < -0.39 is 22.0 Å². The normalized spacial score (nSPS) is 13.5. The number of carboxylic acid groups (broad SMARTS) is 1. The summed E-state index contributed by atoms with van der Waals surface area (Å²) in [6.45, 7) is 1.55. The number of aryl methyl sites for hydroxylation is 1. The summed E-state index contributed by atoms with van der Waals surface area (Å²) in [5, 5.41) is 8.82. The topological polar surface area (TPSA) is 92.7 Å². The Bertz CT molecular complexity index is 493. The number of hydrogen-bond donors (Lipinski definition) is 2. The first-order valence-electron chi connectivity index (χ1n) is 4.67. The Morgan fingerprint density at radius 1 is 1.59 bits per heavy atom. The Morgan fingerprint density at radius 3 is 2.65 bits per heavy atom. The van der Waals surface area contributed by atoms with Crippen molar-refractivity contribution in [1.82, 2.24) is 4.72 Å². The van der Waals surface area contributed by atoms with E-state index in [2.05, 4.69) is 9.46 Å². The van der Waals surface area contributed by atoms with Crippen LogP contribution in [-0.2, 0) is 19.6 Å². The van der Waals surface area contributed by atoms with Gasteiger partial charge in [0, 0.05) is 12.0 Å². The number of methoxy groups -OCH3 is 1. The summed E-state index contributed by atoms with van der Waals surface area (Å²) >= 11 is 1.08. The first kappa shape index (κ1) is 14.1. The molecule has 0 aliphatic rings. The highest BCUT2D eigenvalue weighted by molar-refractivity contribution is 7.91. The highest BCUT2D eigenvalue weighted by atomic mass is 32.2. The van der Waals surface area contributed by atoms with Gasteiger partial charge in [0.25, 0.3) is 10.0 Å². The predicted octanol–water partition coefficient (Wildman–Crippen LogP) is 0.434. The van der Waals surface area contributed by atoms with Crippen LogP contribution in [0.4, 0.5) is 0 Å². The second kappa shape index (κ2) is 5.58. The van der Waals surface area contributed by atoms with Crippen molar-refractivity contribution in [2.75, 3.05) is 13.7 Å². The van der Waals surface area contributed by atoms with Crippen LogP contribution in [0.3, 0.4) is 0 Å². The molecule has 0 saturated carbocycles. The summed E-state index contributed by atoms with van der Waals surface area (Å²) in [5.74, 6) is -1.27. The second-order valence-corrected chi connectivity index (χ2v) is 6.56. The molecule has 0 fully saturated rings. The molecule has 6 nitrogen and oxygen atoms in total. The first-order valence-corrected chi connectivity index (χ1v) is 6.97. The van der Waals surface area contributed by atoms with Gasteiger partial charge in [-0.05, 0) is 19.1 Å². The number of carboxylic acids is 1. The smallest absolute Gasteiger partial charge is 0.324 e. The van der Waals surface area contributed by atoms with Crippen LogP contribution in [0.2, 0.25) is 0 Å². The SMILES string of the molecule is COCC(NS(=O)(=O)c1ccc(C)s1)C(=O)O.